The van der Waals surface area contributed by atoms with Crippen molar-refractivity contribution < 1.29 is 19.4 Å². The third-order valence-corrected chi connectivity index (χ3v) is 5.39. The first-order valence-corrected chi connectivity index (χ1v) is 11.5. The molecule has 1 fully saturated rings. The molecule has 1 N–H and O–H groups in total. The van der Waals surface area contributed by atoms with Crippen molar-refractivity contribution in [2.45, 2.75) is 109 Å². The maximum atomic E-state index is 11.8. The largest absolute Gasteiger partial charge is 0.506 e. The van der Waals surface area contributed by atoms with E-state index >= 15 is 0 Å². The van der Waals surface area contributed by atoms with Crippen LogP contribution in [0.15, 0.2) is 12.2 Å². The molecule has 0 aliphatic carbocycles. The first kappa shape index (κ1) is 24.5. The molecular weight excluding hydrogens is 354 g/mol. The summed E-state index contributed by atoms with van der Waals surface area (Å²) < 4.78 is 4.69. The maximum Gasteiger partial charge on any atom is 0.506 e. The monoisotopic (exact) mass is 395 g/mol. The first-order valence-electron chi connectivity index (χ1n) is 11.5. The van der Waals surface area contributed by atoms with E-state index in [0.29, 0.717) is 6.54 Å². The lowest BCUT2D eigenvalue weighted by atomic mass is 10.1. The van der Waals surface area contributed by atoms with Crippen LogP contribution >= 0.6 is 0 Å². The summed E-state index contributed by atoms with van der Waals surface area (Å²) in [5.41, 5.74) is 0. The second-order valence-electron chi connectivity index (χ2n) is 7.99. The molecule has 28 heavy (non-hydrogen) atoms. The number of nitrogens with zero attached hydrogens (tertiary/aromatic N) is 1. The molecule has 1 aliphatic rings. The van der Waals surface area contributed by atoms with Gasteiger partial charge in [-0.15, -0.1) is 0 Å². The molecule has 0 saturated carbocycles. The molecule has 1 rings (SSSR count). The fraction of sp³-hybridized carbons (Fsp3) is 0.826. The van der Waals surface area contributed by atoms with Gasteiger partial charge in [-0.1, -0.05) is 76.9 Å². The Hall–Kier alpha value is -1.52. The molecule has 0 spiro atoms. The number of hydrogen-bond donors (Lipinski definition) is 1. The van der Waals surface area contributed by atoms with Crippen molar-refractivity contribution >= 4 is 12.1 Å². The highest BCUT2D eigenvalue weighted by molar-refractivity contribution is 5.79. The van der Waals surface area contributed by atoms with Crippen molar-refractivity contribution in [1.82, 2.24) is 4.90 Å². The van der Waals surface area contributed by atoms with Crippen LogP contribution in [0.3, 0.4) is 0 Å². The van der Waals surface area contributed by atoms with Crippen LogP contribution in [0, 0.1) is 0 Å². The Bertz CT molecular complexity index is 450. The summed E-state index contributed by atoms with van der Waals surface area (Å²) in [6, 6.07) is 0. The fourth-order valence-electron chi connectivity index (χ4n) is 3.72. The van der Waals surface area contributed by atoms with Gasteiger partial charge in [0.1, 0.15) is 6.10 Å². The minimum atomic E-state index is -1.29. The van der Waals surface area contributed by atoms with Crippen molar-refractivity contribution in [3.63, 3.8) is 0 Å². The van der Waals surface area contributed by atoms with Crippen molar-refractivity contribution in [2.75, 3.05) is 13.1 Å². The average Bonchev–Trinajstić information content (AvgIpc) is 2.99. The van der Waals surface area contributed by atoms with Crippen LogP contribution in [-0.2, 0) is 9.53 Å². The van der Waals surface area contributed by atoms with E-state index < -0.39 is 12.3 Å². The van der Waals surface area contributed by atoms with E-state index in [1.807, 2.05) is 0 Å². The van der Waals surface area contributed by atoms with Crippen LogP contribution in [0.5, 0.6) is 0 Å². The van der Waals surface area contributed by atoms with Gasteiger partial charge in [0.25, 0.3) is 0 Å². The molecule has 0 bridgehead atoms. The van der Waals surface area contributed by atoms with Gasteiger partial charge < -0.3 is 14.7 Å². The van der Waals surface area contributed by atoms with E-state index in [9.17, 15) is 9.59 Å². The molecule has 0 radical (unpaired) electrons. The highest BCUT2D eigenvalue weighted by atomic mass is 16.7. The maximum absolute atomic E-state index is 11.8. The number of amides is 1. The molecule has 1 amide bonds. The van der Waals surface area contributed by atoms with Crippen molar-refractivity contribution in [2.24, 2.45) is 0 Å². The van der Waals surface area contributed by atoms with Gasteiger partial charge >= 0.3 is 6.16 Å². The topological polar surface area (TPSA) is 66.8 Å². The van der Waals surface area contributed by atoms with Gasteiger partial charge in [-0.2, -0.15) is 0 Å². The van der Waals surface area contributed by atoms with Crippen molar-refractivity contribution in [3.8, 4) is 0 Å². The third-order valence-electron chi connectivity index (χ3n) is 5.39. The predicted octanol–water partition coefficient (Wildman–Crippen LogP) is 6.32. The molecule has 5 nitrogen and oxygen atoms in total. The fourth-order valence-corrected chi connectivity index (χ4v) is 3.72. The van der Waals surface area contributed by atoms with Gasteiger partial charge in [-0.05, 0) is 32.1 Å². The van der Waals surface area contributed by atoms with Gasteiger partial charge in [0, 0.05) is 6.54 Å². The first-order chi connectivity index (χ1) is 13.6. The van der Waals surface area contributed by atoms with Crippen LogP contribution < -0.4 is 0 Å². The van der Waals surface area contributed by atoms with Crippen molar-refractivity contribution in [3.05, 3.63) is 12.2 Å². The van der Waals surface area contributed by atoms with Gasteiger partial charge in [0.05, 0.1) is 13.0 Å². The Balaban J connectivity index is 1.85. The molecule has 0 aromatic heterocycles. The van der Waals surface area contributed by atoms with Crippen LogP contribution in [0.4, 0.5) is 4.79 Å². The van der Waals surface area contributed by atoms with Crippen LogP contribution in [-0.4, -0.2) is 41.3 Å². The van der Waals surface area contributed by atoms with Gasteiger partial charge in [0.2, 0.25) is 5.91 Å². The predicted molar refractivity (Wildman–Crippen MR) is 114 cm³/mol. The van der Waals surface area contributed by atoms with Gasteiger partial charge in [-0.3, -0.25) is 4.79 Å². The number of carboxylic acid groups (broad SMARTS) is 1. The SMILES string of the molecule is CCCCCCCC/C=C\CCCCCCCCN1CC(OC(=O)O)CC1=O. The molecule has 1 saturated heterocycles. The molecular formula is C23H41NO4. The number of hydrogen-bond acceptors (Lipinski definition) is 3. The molecule has 1 unspecified atom stereocenters. The van der Waals surface area contributed by atoms with Crippen LogP contribution in [0.25, 0.3) is 0 Å². The van der Waals surface area contributed by atoms with E-state index in [-0.39, 0.29) is 12.3 Å². The van der Waals surface area contributed by atoms with Crippen LogP contribution in [0.1, 0.15) is 103 Å². The lowest BCUT2D eigenvalue weighted by Crippen LogP contribution is -2.28. The Morgan fingerprint density at radius 3 is 2.07 bits per heavy atom. The summed E-state index contributed by atoms with van der Waals surface area (Å²) in [6.45, 7) is 3.39. The second kappa shape index (κ2) is 16.4. The normalized spacial score (nSPS) is 17.0. The summed E-state index contributed by atoms with van der Waals surface area (Å²) in [6.07, 6.45) is 20.9. The van der Waals surface area contributed by atoms with E-state index in [1.54, 1.807) is 4.90 Å². The number of unbranched alkanes of at least 4 members (excludes halogenated alkanes) is 12. The molecule has 0 aromatic rings. The standard InChI is InChI=1S/C23H41NO4/c1-2-3-4-5-6-7-8-9-10-11-12-13-14-15-16-17-18-24-20-21(19-22(24)25)28-23(26)27/h9-10,21H,2-8,11-20H2,1H3,(H,26,27)/b10-9-. The summed E-state index contributed by atoms with van der Waals surface area (Å²) >= 11 is 0. The van der Waals surface area contributed by atoms with Gasteiger partial charge in [-0.25, -0.2) is 4.79 Å². The molecule has 162 valence electrons. The minimum absolute atomic E-state index is 0.0130. The van der Waals surface area contributed by atoms with Crippen LogP contribution in [0.2, 0.25) is 0 Å². The highest BCUT2D eigenvalue weighted by Crippen LogP contribution is 2.16. The Labute approximate surface area is 171 Å². The molecule has 1 aliphatic heterocycles. The Kier molecular flexibility index (Phi) is 14.4. The Morgan fingerprint density at radius 2 is 1.50 bits per heavy atom. The van der Waals surface area contributed by atoms with Gasteiger partial charge in [0.15, 0.2) is 0 Å². The highest BCUT2D eigenvalue weighted by Gasteiger charge is 2.31. The lowest BCUT2D eigenvalue weighted by molar-refractivity contribution is -0.127. The smallest absolute Gasteiger partial charge is 0.450 e. The average molecular weight is 396 g/mol. The zero-order valence-electron chi connectivity index (χ0n) is 17.9. The second-order valence-corrected chi connectivity index (χ2v) is 7.99. The number of allylic oxidation sites excluding steroid dienone is 2. The minimum Gasteiger partial charge on any atom is -0.450 e. The van der Waals surface area contributed by atoms with Crippen molar-refractivity contribution in [1.29, 1.82) is 0 Å². The number of carbonyl (C=O) groups excluding carboxylic acids is 1. The molecule has 0 aromatic carbocycles. The Morgan fingerprint density at radius 1 is 0.964 bits per heavy atom. The molecule has 5 heteroatoms. The molecule has 1 heterocycles. The zero-order valence-corrected chi connectivity index (χ0v) is 17.9. The molecule has 1 atom stereocenters. The number of rotatable bonds is 17. The zero-order chi connectivity index (χ0) is 20.5. The summed E-state index contributed by atoms with van der Waals surface area (Å²) in [5.74, 6) is 0.0130. The van der Waals surface area contributed by atoms with E-state index in [0.717, 1.165) is 19.4 Å². The number of ether oxygens (including phenoxy) is 1. The summed E-state index contributed by atoms with van der Waals surface area (Å²) in [5, 5.41) is 8.62. The number of carbonyl (C=O) groups is 2. The third kappa shape index (κ3) is 12.8. The summed E-state index contributed by atoms with van der Waals surface area (Å²) in [7, 11) is 0. The van der Waals surface area contributed by atoms with E-state index in [1.165, 1.54) is 77.0 Å². The van der Waals surface area contributed by atoms with E-state index in [2.05, 4.69) is 19.1 Å². The van der Waals surface area contributed by atoms with E-state index in [4.69, 9.17) is 9.84 Å². The number of likely N-dealkylation sites (tertiary alicyclic amines) is 1. The summed E-state index contributed by atoms with van der Waals surface area (Å²) in [4.78, 5) is 24.1. The quantitative estimate of drug-likeness (QED) is 0.178. The lowest BCUT2D eigenvalue weighted by Gasteiger charge is -2.15.